The Morgan fingerprint density at radius 2 is 1.79 bits per heavy atom. The zero-order chi connectivity index (χ0) is 19.9. The summed E-state index contributed by atoms with van der Waals surface area (Å²) in [4.78, 5) is 26.5. The lowest BCUT2D eigenvalue weighted by Crippen LogP contribution is -2.42. The first-order valence-electron chi connectivity index (χ1n) is 9.26. The molecule has 0 aliphatic carbocycles. The molecule has 0 unspecified atom stereocenters. The molecule has 0 saturated carbocycles. The summed E-state index contributed by atoms with van der Waals surface area (Å²) in [6.07, 6.45) is 4.55. The topological polar surface area (TPSA) is 49.4 Å². The maximum atomic E-state index is 12.4. The van der Waals surface area contributed by atoms with Gasteiger partial charge in [-0.2, -0.15) is 0 Å². The molecule has 2 aromatic rings. The molecule has 6 heteroatoms. The Labute approximate surface area is 175 Å². The molecule has 0 atom stereocenters. The number of carbonyl (C=O) groups excluding carboxylic acids is 2. The lowest BCUT2D eigenvalue weighted by atomic mass is 9.95. The van der Waals surface area contributed by atoms with Crippen molar-refractivity contribution in [2.75, 3.05) is 13.1 Å². The number of hydrogen-bond acceptors (Lipinski definition) is 2. The van der Waals surface area contributed by atoms with Gasteiger partial charge in [0.25, 0.3) is 0 Å². The number of carbonyl (C=O) groups is 2. The van der Waals surface area contributed by atoms with Crippen LogP contribution in [0.3, 0.4) is 0 Å². The third-order valence-electron chi connectivity index (χ3n) is 4.85. The van der Waals surface area contributed by atoms with Crippen LogP contribution in [0.4, 0.5) is 0 Å². The van der Waals surface area contributed by atoms with E-state index in [4.69, 9.17) is 23.2 Å². The van der Waals surface area contributed by atoms with Crippen LogP contribution in [-0.4, -0.2) is 29.8 Å². The number of amides is 2. The number of hydrogen-bond donors (Lipinski definition) is 1. The quantitative estimate of drug-likeness (QED) is 0.726. The molecule has 146 valence electrons. The summed E-state index contributed by atoms with van der Waals surface area (Å²) >= 11 is 12.0. The first-order chi connectivity index (χ1) is 13.5. The largest absolute Gasteiger partial charge is 0.352 e. The van der Waals surface area contributed by atoms with Crippen LogP contribution in [0, 0.1) is 5.92 Å². The second kappa shape index (κ2) is 9.76. The normalized spacial score (nSPS) is 15.0. The molecule has 2 aromatic carbocycles. The molecule has 0 aromatic heterocycles. The highest BCUT2D eigenvalue weighted by Gasteiger charge is 2.26. The molecular formula is C22H22Cl2N2O2. The second-order valence-electron chi connectivity index (χ2n) is 6.80. The molecule has 1 heterocycles. The van der Waals surface area contributed by atoms with Crippen LogP contribution in [0.15, 0.2) is 54.6 Å². The van der Waals surface area contributed by atoms with Crippen molar-refractivity contribution in [1.82, 2.24) is 10.2 Å². The summed E-state index contributed by atoms with van der Waals surface area (Å²) in [5, 5.41) is 4.05. The minimum absolute atomic E-state index is 0.0533. The molecule has 0 bridgehead atoms. The summed E-state index contributed by atoms with van der Waals surface area (Å²) in [5.41, 5.74) is 1.82. The van der Waals surface area contributed by atoms with Gasteiger partial charge in [-0.05, 0) is 42.2 Å². The number of rotatable bonds is 5. The molecule has 1 aliphatic rings. The number of likely N-dealkylation sites (tertiary alicyclic amines) is 1. The van der Waals surface area contributed by atoms with E-state index < -0.39 is 0 Å². The van der Waals surface area contributed by atoms with Crippen LogP contribution in [0.2, 0.25) is 10.0 Å². The van der Waals surface area contributed by atoms with Crippen molar-refractivity contribution in [2.45, 2.75) is 19.4 Å². The zero-order valence-electron chi connectivity index (χ0n) is 15.4. The molecule has 0 radical (unpaired) electrons. The molecular weight excluding hydrogens is 395 g/mol. The molecule has 2 amide bonds. The average Bonchev–Trinajstić information content (AvgIpc) is 2.72. The third-order valence-corrected chi connectivity index (χ3v) is 5.42. The summed E-state index contributed by atoms with van der Waals surface area (Å²) < 4.78 is 0. The van der Waals surface area contributed by atoms with Gasteiger partial charge in [0.1, 0.15) is 0 Å². The van der Waals surface area contributed by atoms with Crippen molar-refractivity contribution in [3.63, 3.8) is 0 Å². The number of benzene rings is 2. The summed E-state index contributed by atoms with van der Waals surface area (Å²) in [6, 6.07) is 15.0. The predicted octanol–water partition coefficient (Wildman–Crippen LogP) is 4.56. The van der Waals surface area contributed by atoms with E-state index >= 15 is 0 Å². The minimum Gasteiger partial charge on any atom is -0.352 e. The maximum absolute atomic E-state index is 12.4. The van der Waals surface area contributed by atoms with Crippen molar-refractivity contribution in [3.8, 4) is 0 Å². The van der Waals surface area contributed by atoms with E-state index in [0.29, 0.717) is 42.5 Å². The van der Waals surface area contributed by atoms with E-state index in [1.165, 1.54) is 6.08 Å². The van der Waals surface area contributed by atoms with Gasteiger partial charge < -0.3 is 10.2 Å². The summed E-state index contributed by atoms with van der Waals surface area (Å²) in [5.74, 6) is -0.0731. The van der Waals surface area contributed by atoms with Crippen molar-refractivity contribution in [3.05, 3.63) is 75.8 Å². The van der Waals surface area contributed by atoms with Gasteiger partial charge in [-0.15, -0.1) is 0 Å². The van der Waals surface area contributed by atoms with Gasteiger partial charge in [0, 0.05) is 41.7 Å². The molecule has 1 saturated heterocycles. The third kappa shape index (κ3) is 5.60. The van der Waals surface area contributed by atoms with Crippen LogP contribution in [0.1, 0.15) is 24.0 Å². The van der Waals surface area contributed by atoms with Crippen molar-refractivity contribution >= 4 is 41.1 Å². The highest BCUT2D eigenvalue weighted by Crippen LogP contribution is 2.23. The molecule has 4 nitrogen and oxygen atoms in total. The smallest absolute Gasteiger partial charge is 0.246 e. The lowest BCUT2D eigenvalue weighted by molar-refractivity contribution is -0.132. The highest BCUT2D eigenvalue weighted by atomic mass is 35.5. The van der Waals surface area contributed by atoms with Crippen LogP contribution in [0.25, 0.3) is 6.08 Å². The molecule has 1 aliphatic heterocycles. The van der Waals surface area contributed by atoms with E-state index in [9.17, 15) is 9.59 Å². The zero-order valence-corrected chi connectivity index (χ0v) is 16.9. The Morgan fingerprint density at radius 1 is 1.07 bits per heavy atom. The highest BCUT2D eigenvalue weighted by molar-refractivity contribution is 6.35. The Balaban J connectivity index is 1.47. The monoisotopic (exact) mass is 416 g/mol. The minimum atomic E-state index is -0.0749. The van der Waals surface area contributed by atoms with Gasteiger partial charge in [-0.1, -0.05) is 59.6 Å². The average molecular weight is 417 g/mol. The Bertz CT molecular complexity index is 860. The molecule has 0 spiro atoms. The molecule has 3 rings (SSSR count). The van der Waals surface area contributed by atoms with E-state index in [1.54, 1.807) is 29.2 Å². The molecule has 1 fully saturated rings. The van der Waals surface area contributed by atoms with Crippen LogP contribution in [0.5, 0.6) is 0 Å². The van der Waals surface area contributed by atoms with Crippen LogP contribution in [-0.2, 0) is 16.1 Å². The first kappa shape index (κ1) is 20.4. The van der Waals surface area contributed by atoms with Gasteiger partial charge >= 0.3 is 0 Å². The molecule has 28 heavy (non-hydrogen) atoms. The SMILES string of the molecule is O=C(NCc1ccccc1)C1CCN(C(=O)C=Cc2ccc(Cl)cc2Cl)CC1. The lowest BCUT2D eigenvalue weighted by Gasteiger charge is -2.30. The van der Waals surface area contributed by atoms with E-state index in [0.717, 1.165) is 11.1 Å². The Hall–Kier alpha value is -2.30. The van der Waals surface area contributed by atoms with Crippen molar-refractivity contribution < 1.29 is 9.59 Å². The van der Waals surface area contributed by atoms with Gasteiger partial charge in [-0.25, -0.2) is 0 Å². The Kier molecular flexibility index (Phi) is 7.12. The van der Waals surface area contributed by atoms with E-state index in [2.05, 4.69) is 5.32 Å². The van der Waals surface area contributed by atoms with Crippen molar-refractivity contribution in [2.24, 2.45) is 5.92 Å². The number of piperidine rings is 1. The summed E-state index contributed by atoms with van der Waals surface area (Å²) in [6.45, 7) is 1.67. The first-order valence-corrected chi connectivity index (χ1v) is 10.0. The van der Waals surface area contributed by atoms with Crippen LogP contribution < -0.4 is 5.32 Å². The van der Waals surface area contributed by atoms with Gasteiger partial charge in [-0.3, -0.25) is 9.59 Å². The fourth-order valence-electron chi connectivity index (χ4n) is 3.19. The van der Waals surface area contributed by atoms with Gasteiger partial charge in [0.05, 0.1) is 0 Å². The number of nitrogens with one attached hydrogen (secondary N) is 1. The maximum Gasteiger partial charge on any atom is 0.246 e. The number of nitrogens with zero attached hydrogens (tertiary/aromatic N) is 1. The van der Waals surface area contributed by atoms with Gasteiger partial charge in [0.15, 0.2) is 0 Å². The van der Waals surface area contributed by atoms with Gasteiger partial charge in [0.2, 0.25) is 11.8 Å². The van der Waals surface area contributed by atoms with E-state index in [-0.39, 0.29) is 17.7 Å². The summed E-state index contributed by atoms with van der Waals surface area (Å²) in [7, 11) is 0. The fraction of sp³-hybridized carbons (Fsp3) is 0.273. The molecule has 1 N–H and O–H groups in total. The second-order valence-corrected chi connectivity index (χ2v) is 7.65. The van der Waals surface area contributed by atoms with Crippen LogP contribution >= 0.6 is 23.2 Å². The van der Waals surface area contributed by atoms with E-state index in [1.807, 2.05) is 30.3 Å². The Morgan fingerprint density at radius 3 is 2.46 bits per heavy atom. The van der Waals surface area contributed by atoms with Crippen molar-refractivity contribution in [1.29, 1.82) is 0 Å². The predicted molar refractivity (Wildman–Crippen MR) is 113 cm³/mol. The fourth-order valence-corrected chi connectivity index (χ4v) is 3.67. The standard InChI is InChI=1S/C22H22Cl2N2O2/c23-19-8-6-17(20(24)14-19)7-9-21(27)26-12-10-18(11-13-26)22(28)25-15-16-4-2-1-3-5-16/h1-9,14,18H,10-13,15H2,(H,25,28). The number of halogens is 2.